The number of carbonyl (C=O) groups is 4. The van der Waals surface area contributed by atoms with E-state index in [4.69, 9.17) is 14.2 Å². The van der Waals surface area contributed by atoms with Gasteiger partial charge in [0.05, 0.1) is 24.9 Å². The number of ether oxygens (including phenoxy) is 3. The van der Waals surface area contributed by atoms with E-state index in [9.17, 15) is 27.6 Å². The monoisotopic (exact) mass is 580 g/mol. The number of hydrogen-bond donors (Lipinski definition) is 0. The summed E-state index contributed by atoms with van der Waals surface area (Å²) in [6, 6.07) is 3.99. The molecule has 0 spiro atoms. The van der Waals surface area contributed by atoms with Crippen molar-refractivity contribution < 1.29 is 41.8 Å². The lowest BCUT2D eigenvalue weighted by atomic mass is 10.2. The van der Waals surface area contributed by atoms with Crippen LogP contribution in [0.2, 0.25) is 0 Å². The Labute approximate surface area is 234 Å². The molecule has 13 nitrogen and oxygen atoms in total. The predicted octanol–water partition coefficient (Wildman–Crippen LogP) is 3.12. The highest BCUT2D eigenvalue weighted by Crippen LogP contribution is 2.22. The lowest BCUT2D eigenvalue weighted by Gasteiger charge is -2.32. The SMILES string of the molecule is COC(=O)[C@H](Cn1ccnc1)N(C(=O)CN(C(=O)OC(C)(C)C)S(=O)(=O)c1ccc(C)cc1)C(=O)OC(C)(C)C. The van der Waals surface area contributed by atoms with Crippen molar-refractivity contribution in [3.63, 3.8) is 0 Å². The van der Waals surface area contributed by atoms with Gasteiger partial charge >= 0.3 is 18.2 Å². The first-order valence-corrected chi connectivity index (χ1v) is 13.7. The maximum atomic E-state index is 13.8. The molecule has 220 valence electrons. The van der Waals surface area contributed by atoms with Gasteiger partial charge in [0.25, 0.3) is 15.9 Å². The number of hydrogen-bond acceptors (Lipinski definition) is 10. The van der Waals surface area contributed by atoms with E-state index in [1.165, 1.54) is 68.3 Å². The van der Waals surface area contributed by atoms with Crippen molar-refractivity contribution in [1.29, 1.82) is 0 Å². The summed E-state index contributed by atoms with van der Waals surface area (Å²) in [5, 5.41) is 0. The number of nitrogens with zero attached hydrogens (tertiary/aromatic N) is 4. The van der Waals surface area contributed by atoms with E-state index in [-0.39, 0.29) is 15.7 Å². The van der Waals surface area contributed by atoms with Crippen molar-refractivity contribution in [3.05, 3.63) is 48.5 Å². The van der Waals surface area contributed by atoms with Gasteiger partial charge < -0.3 is 18.8 Å². The van der Waals surface area contributed by atoms with Gasteiger partial charge in [0.1, 0.15) is 17.7 Å². The number of imide groups is 1. The summed E-state index contributed by atoms with van der Waals surface area (Å²) in [4.78, 5) is 57.1. The maximum Gasteiger partial charge on any atom is 0.424 e. The highest BCUT2D eigenvalue weighted by molar-refractivity contribution is 7.89. The molecule has 2 aromatic rings. The highest BCUT2D eigenvalue weighted by atomic mass is 32.2. The molecule has 14 heteroatoms. The molecule has 0 unspecified atom stereocenters. The number of imidazole rings is 1. The third kappa shape index (κ3) is 8.79. The number of sulfonamides is 1. The number of carbonyl (C=O) groups excluding carboxylic acids is 4. The number of aromatic nitrogens is 2. The largest absolute Gasteiger partial charge is 0.467 e. The van der Waals surface area contributed by atoms with Gasteiger partial charge in [-0.1, -0.05) is 17.7 Å². The molecule has 0 bridgehead atoms. The Morgan fingerprint density at radius 3 is 1.98 bits per heavy atom. The minimum atomic E-state index is -4.65. The van der Waals surface area contributed by atoms with Crippen LogP contribution in [0.4, 0.5) is 9.59 Å². The van der Waals surface area contributed by atoms with Crippen molar-refractivity contribution in [1.82, 2.24) is 18.8 Å². The second-order valence-electron chi connectivity index (χ2n) is 10.8. The molecule has 0 N–H and O–H groups in total. The topological polar surface area (TPSA) is 154 Å². The molecule has 2 rings (SSSR count). The second kappa shape index (κ2) is 12.5. The van der Waals surface area contributed by atoms with Gasteiger partial charge in [-0.25, -0.2) is 32.7 Å². The molecular formula is C26H36N4O9S. The zero-order valence-corrected chi connectivity index (χ0v) is 24.7. The van der Waals surface area contributed by atoms with E-state index in [0.717, 1.165) is 12.7 Å². The average Bonchev–Trinajstić information content (AvgIpc) is 3.32. The fraction of sp³-hybridized carbons (Fsp3) is 0.500. The molecule has 0 fully saturated rings. The van der Waals surface area contributed by atoms with E-state index >= 15 is 0 Å². The molecule has 1 aromatic carbocycles. The Morgan fingerprint density at radius 2 is 1.50 bits per heavy atom. The van der Waals surface area contributed by atoms with Gasteiger partial charge in [0.15, 0.2) is 6.04 Å². The van der Waals surface area contributed by atoms with E-state index < -0.39 is 57.9 Å². The van der Waals surface area contributed by atoms with Crippen LogP contribution in [0.25, 0.3) is 0 Å². The van der Waals surface area contributed by atoms with E-state index in [1.54, 1.807) is 27.7 Å². The molecule has 0 aliphatic heterocycles. The van der Waals surface area contributed by atoms with Crippen molar-refractivity contribution in [2.45, 2.75) is 77.2 Å². The molecule has 0 saturated heterocycles. The maximum absolute atomic E-state index is 13.8. The zero-order valence-electron chi connectivity index (χ0n) is 23.9. The Balaban J connectivity index is 2.61. The quantitative estimate of drug-likeness (QED) is 0.336. The smallest absolute Gasteiger partial charge is 0.424 e. The summed E-state index contributed by atoms with van der Waals surface area (Å²) < 4.78 is 44.3. The van der Waals surface area contributed by atoms with Gasteiger partial charge in [0, 0.05) is 12.4 Å². The lowest BCUT2D eigenvalue weighted by molar-refractivity contribution is -0.152. The third-order valence-corrected chi connectivity index (χ3v) is 6.80. The van der Waals surface area contributed by atoms with Gasteiger partial charge in [-0.2, -0.15) is 4.31 Å². The molecule has 0 aliphatic rings. The Bertz CT molecular complexity index is 1310. The Morgan fingerprint density at radius 1 is 0.950 bits per heavy atom. The minimum absolute atomic E-state index is 0.216. The number of methoxy groups -OCH3 is 1. The Kier molecular flexibility index (Phi) is 10.1. The summed E-state index contributed by atoms with van der Waals surface area (Å²) in [6.45, 7) is 9.49. The van der Waals surface area contributed by atoms with Crippen LogP contribution in [-0.4, -0.2) is 82.1 Å². The number of esters is 1. The Hall–Kier alpha value is -3.94. The van der Waals surface area contributed by atoms with Crippen LogP contribution < -0.4 is 0 Å². The van der Waals surface area contributed by atoms with Gasteiger partial charge in [-0.05, 0) is 60.6 Å². The van der Waals surface area contributed by atoms with Crippen LogP contribution in [0.5, 0.6) is 0 Å². The van der Waals surface area contributed by atoms with Gasteiger partial charge in [-0.15, -0.1) is 0 Å². The highest BCUT2D eigenvalue weighted by Gasteiger charge is 2.42. The summed E-state index contributed by atoms with van der Waals surface area (Å²) >= 11 is 0. The van der Waals surface area contributed by atoms with E-state index in [2.05, 4.69) is 4.98 Å². The lowest BCUT2D eigenvalue weighted by Crippen LogP contribution is -2.56. The van der Waals surface area contributed by atoms with Crippen molar-refractivity contribution in [2.75, 3.05) is 13.7 Å². The third-order valence-electron chi connectivity index (χ3n) is 5.07. The van der Waals surface area contributed by atoms with Crippen LogP contribution in [0.15, 0.2) is 47.9 Å². The standard InChI is InChI=1S/C26H36N4O9S/c1-18-9-11-19(12-10-18)40(35,36)29(23(33)38-25(2,3)4)16-21(31)30(24(34)39-26(5,6)7)20(22(32)37-8)15-28-14-13-27-17-28/h9-14,17,20H,15-16H2,1-8H3/t20-/m0/s1. The predicted molar refractivity (Wildman–Crippen MR) is 142 cm³/mol. The number of rotatable bonds is 8. The van der Waals surface area contributed by atoms with Crippen LogP contribution in [-0.2, 0) is 40.4 Å². The van der Waals surface area contributed by atoms with Crippen LogP contribution in [0.3, 0.4) is 0 Å². The second-order valence-corrected chi connectivity index (χ2v) is 12.7. The minimum Gasteiger partial charge on any atom is -0.467 e. The van der Waals surface area contributed by atoms with Crippen molar-refractivity contribution in [2.24, 2.45) is 0 Å². The molecule has 3 amide bonds. The fourth-order valence-corrected chi connectivity index (χ4v) is 4.55. The molecule has 0 saturated carbocycles. The normalized spacial score (nSPS) is 12.7. The number of amides is 3. The number of benzene rings is 1. The summed E-state index contributed by atoms with van der Waals surface area (Å²) in [6.07, 6.45) is 1.66. The summed E-state index contributed by atoms with van der Waals surface area (Å²) in [7, 11) is -3.59. The van der Waals surface area contributed by atoms with Crippen molar-refractivity contribution in [3.8, 4) is 0 Å². The molecule has 1 heterocycles. The summed E-state index contributed by atoms with van der Waals surface area (Å²) in [5.41, 5.74) is -1.46. The van der Waals surface area contributed by atoms with Crippen molar-refractivity contribution >= 4 is 34.1 Å². The average molecular weight is 581 g/mol. The van der Waals surface area contributed by atoms with Crippen LogP contribution >= 0.6 is 0 Å². The first-order valence-electron chi connectivity index (χ1n) is 12.3. The molecule has 0 radical (unpaired) electrons. The molecule has 1 atom stereocenters. The van der Waals surface area contributed by atoms with Crippen LogP contribution in [0.1, 0.15) is 47.1 Å². The number of aryl methyl sites for hydroxylation is 1. The van der Waals surface area contributed by atoms with E-state index in [0.29, 0.717) is 4.90 Å². The first-order chi connectivity index (χ1) is 18.4. The van der Waals surface area contributed by atoms with Crippen LogP contribution in [0, 0.1) is 6.92 Å². The zero-order chi connectivity index (χ0) is 30.5. The fourth-order valence-electron chi connectivity index (χ4n) is 3.30. The summed E-state index contributed by atoms with van der Waals surface area (Å²) in [5.74, 6) is -2.22. The first kappa shape index (κ1) is 32.3. The molecule has 40 heavy (non-hydrogen) atoms. The molecule has 1 aromatic heterocycles. The molecule has 0 aliphatic carbocycles. The molecular weight excluding hydrogens is 544 g/mol. The van der Waals surface area contributed by atoms with Gasteiger partial charge in [-0.3, -0.25) is 4.79 Å². The van der Waals surface area contributed by atoms with Gasteiger partial charge in [0.2, 0.25) is 0 Å². The van der Waals surface area contributed by atoms with E-state index in [1.807, 2.05) is 0 Å².